The molecule has 0 aliphatic rings. The van der Waals surface area contributed by atoms with Gasteiger partial charge in [-0.05, 0) is 30.2 Å². The molecular weight excluding hydrogens is 239 g/mol. The molecule has 0 radical (unpaired) electrons. The number of rotatable bonds is 2. The fraction of sp³-hybridized carbons (Fsp3) is 0.222. The van der Waals surface area contributed by atoms with Crippen molar-refractivity contribution in [3.63, 3.8) is 0 Å². The Morgan fingerprint density at radius 2 is 2.23 bits per heavy atom. The van der Waals surface area contributed by atoms with Gasteiger partial charge in [0.25, 0.3) is 0 Å². The van der Waals surface area contributed by atoms with Crippen molar-refractivity contribution in [2.24, 2.45) is 0 Å². The lowest BCUT2D eigenvalue weighted by molar-refractivity contribution is 0.0696. The van der Waals surface area contributed by atoms with E-state index in [2.05, 4.69) is 15.9 Å². The molecule has 4 heteroatoms. The number of carboxylic acids is 1. The van der Waals surface area contributed by atoms with Crippen LogP contribution in [0.3, 0.4) is 0 Å². The summed E-state index contributed by atoms with van der Waals surface area (Å²) < 4.78 is 13.1. The summed E-state index contributed by atoms with van der Waals surface area (Å²) in [5, 5.41) is 9.09. The normalized spacial score (nSPS) is 10.1. The van der Waals surface area contributed by atoms with Gasteiger partial charge in [0.2, 0.25) is 0 Å². The van der Waals surface area contributed by atoms with Crippen molar-refractivity contribution in [1.82, 2.24) is 0 Å². The molecule has 1 N–H and O–H groups in total. The monoisotopic (exact) mass is 246 g/mol. The molecule has 1 aromatic carbocycles. The zero-order chi connectivity index (χ0) is 10.0. The lowest BCUT2D eigenvalue weighted by Gasteiger charge is -2.04. The maximum Gasteiger partial charge on any atom is 0.335 e. The standard InChI is InChI=1S/C9H8BrFO2/c1-5-7(4-10)2-6(9(12)13)3-8(5)11/h2-3H,4H2,1H3,(H,12,13). The molecule has 0 amide bonds. The van der Waals surface area contributed by atoms with Gasteiger partial charge in [0.1, 0.15) is 5.82 Å². The van der Waals surface area contributed by atoms with Crippen LogP contribution in [0.4, 0.5) is 4.39 Å². The summed E-state index contributed by atoms with van der Waals surface area (Å²) in [6.07, 6.45) is 0. The lowest BCUT2D eigenvalue weighted by Crippen LogP contribution is -2.00. The molecule has 0 aliphatic carbocycles. The maximum atomic E-state index is 13.1. The third kappa shape index (κ3) is 2.06. The molecule has 0 spiro atoms. The number of alkyl halides is 1. The average Bonchev–Trinajstić information content (AvgIpc) is 2.09. The van der Waals surface area contributed by atoms with E-state index in [-0.39, 0.29) is 5.56 Å². The summed E-state index contributed by atoms with van der Waals surface area (Å²) in [6.45, 7) is 1.62. The van der Waals surface area contributed by atoms with Crippen LogP contribution >= 0.6 is 15.9 Å². The topological polar surface area (TPSA) is 37.3 Å². The second kappa shape index (κ2) is 3.87. The zero-order valence-electron chi connectivity index (χ0n) is 6.97. The summed E-state index contributed by atoms with van der Waals surface area (Å²) in [6, 6.07) is 2.50. The minimum Gasteiger partial charge on any atom is -0.478 e. The Bertz CT molecular complexity index is 350. The average molecular weight is 247 g/mol. The van der Waals surface area contributed by atoms with Gasteiger partial charge >= 0.3 is 5.97 Å². The van der Waals surface area contributed by atoms with E-state index in [1.807, 2.05) is 0 Å². The van der Waals surface area contributed by atoms with E-state index in [0.29, 0.717) is 16.5 Å². The van der Waals surface area contributed by atoms with E-state index in [4.69, 9.17) is 5.11 Å². The van der Waals surface area contributed by atoms with Crippen LogP contribution < -0.4 is 0 Å². The van der Waals surface area contributed by atoms with Crippen LogP contribution in [0.25, 0.3) is 0 Å². The summed E-state index contributed by atoms with van der Waals surface area (Å²) in [5.41, 5.74) is 1.14. The number of hydrogen-bond donors (Lipinski definition) is 1. The van der Waals surface area contributed by atoms with Gasteiger partial charge in [-0.3, -0.25) is 0 Å². The Balaban J connectivity index is 3.30. The summed E-state index contributed by atoms with van der Waals surface area (Å²) in [4.78, 5) is 10.6. The molecule has 13 heavy (non-hydrogen) atoms. The number of benzene rings is 1. The summed E-state index contributed by atoms with van der Waals surface area (Å²) in [7, 11) is 0. The van der Waals surface area contributed by atoms with Gasteiger partial charge in [-0.1, -0.05) is 15.9 Å². The van der Waals surface area contributed by atoms with Crippen LogP contribution in [0.5, 0.6) is 0 Å². The van der Waals surface area contributed by atoms with Crippen molar-refractivity contribution < 1.29 is 14.3 Å². The molecule has 2 nitrogen and oxygen atoms in total. The van der Waals surface area contributed by atoms with Gasteiger partial charge in [-0.25, -0.2) is 9.18 Å². The van der Waals surface area contributed by atoms with Gasteiger partial charge < -0.3 is 5.11 Å². The van der Waals surface area contributed by atoms with Crippen LogP contribution in [0.1, 0.15) is 21.5 Å². The predicted molar refractivity (Wildman–Crippen MR) is 50.7 cm³/mol. The molecule has 0 saturated heterocycles. The molecule has 0 saturated carbocycles. The van der Waals surface area contributed by atoms with Crippen molar-refractivity contribution in [2.75, 3.05) is 0 Å². The first-order valence-corrected chi connectivity index (χ1v) is 4.76. The summed E-state index contributed by atoms with van der Waals surface area (Å²) >= 11 is 3.17. The maximum absolute atomic E-state index is 13.1. The minimum atomic E-state index is -1.11. The van der Waals surface area contributed by atoms with Gasteiger partial charge in [0, 0.05) is 5.33 Å². The molecule has 0 bridgehead atoms. The number of aromatic carboxylic acids is 1. The highest BCUT2D eigenvalue weighted by atomic mass is 79.9. The van der Waals surface area contributed by atoms with E-state index in [0.717, 1.165) is 6.07 Å². The molecule has 0 aromatic heterocycles. The van der Waals surface area contributed by atoms with E-state index < -0.39 is 11.8 Å². The molecule has 0 heterocycles. The Kier molecular flexibility index (Phi) is 3.03. The van der Waals surface area contributed by atoms with Crippen molar-refractivity contribution in [3.05, 3.63) is 34.6 Å². The van der Waals surface area contributed by atoms with Crippen molar-refractivity contribution in [2.45, 2.75) is 12.3 Å². The van der Waals surface area contributed by atoms with Gasteiger partial charge in [-0.15, -0.1) is 0 Å². The molecule has 1 aromatic rings. The molecule has 0 fully saturated rings. The lowest BCUT2D eigenvalue weighted by atomic mass is 10.1. The first-order valence-electron chi connectivity index (χ1n) is 3.64. The largest absolute Gasteiger partial charge is 0.478 e. The molecule has 70 valence electrons. The molecular formula is C9H8BrFO2. The van der Waals surface area contributed by atoms with Crippen LogP contribution in [0.15, 0.2) is 12.1 Å². The first kappa shape index (κ1) is 10.2. The second-order valence-corrected chi connectivity index (χ2v) is 3.24. The number of carbonyl (C=O) groups is 1. The second-order valence-electron chi connectivity index (χ2n) is 2.68. The third-order valence-electron chi connectivity index (χ3n) is 1.84. The molecule has 0 unspecified atom stereocenters. The van der Waals surface area contributed by atoms with Crippen LogP contribution in [-0.4, -0.2) is 11.1 Å². The Labute approximate surface area is 83.5 Å². The first-order chi connectivity index (χ1) is 6.06. The quantitative estimate of drug-likeness (QED) is 0.816. The van der Waals surface area contributed by atoms with Crippen molar-refractivity contribution in [1.29, 1.82) is 0 Å². The summed E-state index contributed by atoms with van der Waals surface area (Å²) in [5.74, 6) is -1.59. The van der Waals surface area contributed by atoms with Gasteiger partial charge in [-0.2, -0.15) is 0 Å². The Morgan fingerprint density at radius 3 is 2.69 bits per heavy atom. The highest BCUT2D eigenvalue weighted by Crippen LogP contribution is 2.18. The zero-order valence-corrected chi connectivity index (χ0v) is 8.56. The van der Waals surface area contributed by atoms with E-state index >= 15 is 0 Å². The van der Waals surface area contributed by atoms with E-state index in [1.54, 1.807) is 6.92 Å². The minimum absolute atomic E-state index is 0.0162. The van der Waals surface area contributed by atoms with E-state index in [9.17, 15) is 9.18 Å². The van der Waals surface area contributed by atoms with Gasteiger partial charge in [0.15, 0.2) is 0 Å². The van der Waals surface area contributed by atoms with Crippen molar-refractivity contribution in [3.8, 4) is 0 Å². The number of carboxylic acid groups (broad SMARTS) is 1. The molecule has 0 atom stereocenters. The SMILES string of the molecule is Cc1c(F)cc(C(=O)O)cc1CBr. The highest BCUT2D eigenvalue weighted by molar-refractivity contribution is 9.08. The Morgan fingerprint density at radius 1 is 1.62 bits per heavy atom. The van der Waals surface area contributed by atoms with Crippen molar-refractivity contribution >= 4 is 21.9 Å². The third-order valence-corrected chi connectivity index (χ3v) is 2.45. The molecule has 1 rings (SSSR count). The number of halogens is 2. The fourth-order valence-electron chi connectivity index (χ4n) is 0.998. The highest BCUT2D eigenvalue weighted by Gasteiger charge is 2.10. The Hall–Kier alpha value is -0.900. The van der Waals surface area contributed by atoms with Crippen LogP contribution in [-0.2, 0) is 5.33 Å². The fourth-order valence-corrected chi connectivity index (χ4v) is 1.58. The molecule has 0 aliphatic heterocycles. The van der Waals surface area contributed by atoms with E-state index in [1.165, 1.54) is 6.07 Å². The van der Waals surface area contributed by atoms with Gasteiger partial charge in [0.05, 0.1) is 5.56 Å². The van der Waals surface area contributed by atoms with Crippen LogP contribution in [0, 0.1) is 12.7 Å². The van der Waals surface area contributed by atoms with Crippen LogP contribution in [0.2, 0.25) is 0 Å². The predicted octanol–water partition coefficient (Wildman–Crippen LogP) is 2.73. The smallest absolute Gasteiger partial charge is 0.335 e. The number of hydrogen-bond acceptors (Lipinski definition) is 1.